The van der Waals surface area contributed by atoms with Crippen LogP contribution < -0.4 is 0 Å². The van der Waals surface area contributed by atoms with Crippen LogP contribution in [-0.2, 0) is 11.3 Å². The average Bonchev–Trinajstić information content (AvgIpc) is 3.01. The lowest BCUT2D eigenvalue weighted by Crippen LogP contribution is -2.08. The van der Waals surface area contributed by atoms with Gasteiger partial charge in [0.15, 0.2) is 0 Å². The van der Waals surface area contributed by atoms with E-state index in [0.29, 0.717) is 17.2 Å². The normalized spacial score (nSPS) is 11.1. The lowest BCUT2D eigenvalue weighted by Gasteiger charge is -2.01. The van der Waals surface area contributed by atoms with E-state index in [1.165, 1.54) is 4.52 Å². The van der Waals surface area contributed by atoms with E-state index in [4.69, 9.17) is 9.26 Å². The van der Waals surface area contributed by atoms with E-state index in [-0.39, 0.29) is 12.4 Å². The summed E-state index contributed by atoms with van der Waals surface area (Å²) in [6.07, 6.45) is 0. The molecule has 0 aliphatic rings. The van der Waals surface area contributed by atoms with Gasteiger partial charge in [-0.25, -0.2) is 14.3 Å². The molecule has 0 saturated heterocycles. The van der Waals surface area contributed by atoms with Gasteiger partial charge in [-0.3, -0.25) is 0 Å². The first-order valence-electron chi connectivity index (χ1n) is 6.75. The van der Waals surface area contributed by atoms with Crippen LogP contribution in [0.4, 0.5) is 0 Å². The van der Waals surface area contributed by atoms with Crippen LogP contribution in [0.1, 0.15) is 39.0 Å². The van der Waals surface area contributed by atoms with E-state index in [9.17, 15) is 4.79 Å². The number of carbonyl (C=O) groups excluding carboxylic acids is 1. The van der Waals surface area contributed by atoms with E-state index in [1.807, 2.05) is 19.9 Å². The number of aromatic nitrogens is 5. The lowest BCUT2D eigenvalue weighted by atomic mass is 10.2. The second kappa shape index (κ2) is 5.21. The van der Waals surface area contributed by atoms with Gasteiger partial charge in [-0.2, -0.15) is 4.98 Å². The number of fused-ring (bicyclic) bond motifs is 1. The van der Waals surface area contributed by atoms with Crippen molar-refractivity contribution in [1.82, 2.24) is 24.7 Å². The number of esters is 1. The minimum atomic E-state index is -0.609. The molecule has 0 atom stereocenters. The fourth-order valence-electron chi connectivity index (χ4n) is 2.16. The summed E-state index contributed by atoms with van der Waals surface area (Å²) >= 11 is 0. The molecule has 3 aromatic heterocycles. The highest BCUT2D eigenvalue weighted by molar-refractivity contribution is 5.85. The predicted molar refractivity (Wildman–Crippen MR) is 75.4 cm³/mol. The molecular weight excluding hydrogens is 286 g/mol. The van der Waals surface area contributed by atoms with E-state index >= 15 is 0 Å². The molecule has 0 N–H and O–H groups in total. The van der Waals surface area contributed by atoms with E-state index < -0.39 is 5.97 Å². The van der Waals surface area contributed by atoms with Crippen molar-refractivity contribution in [2.24, 2.45) is 0 Å². The molecule has 8 heteroatoms. The Labute approximate surface area is 126 Å². The van der Waals surface area contributed by atoms with E-state index in [1.54, 1.807) is 13.8 Å². The minimum Gasteiger partial charge on any atom is -0.455 e. The molecule has 0 amide bonds. The van der Waals surface area contributed by atoms with Crippen LogP contribution in [0.3, 0.4) is 0 Å². The van der Waals surface area contributed by atoms with E-state index in [2.05, 4.69) is 20.2 Å². The van der Waals surface area contributed by atoms with Gasteiger partial charge in [-0.15, -0.1) is 5.10 Å². The molecule has 0 fully saturated rings. The summed E-state index contributed by atoms with van der Waals surface area (Å²) in [6, 6.07) is 1.86. The molecule has 8 nitrogen and oxygen atoms in total. The number of aryl methyl sites for hydroxylation is 4. The van der Waals surface area contributed by atoms with Gasteiger partial charge < -0.3 is 9.26 Å². The predicted octanol–water partition coefficient (Wildman–Crippen LogP) is 1.70. The molecule has 3 aromatic rings. The van der Waals surface area contributed by atoms with Crippen molar-refractivity contribution in [3.63, 3.8) is 0 Å². The fourth-order valence-corrected chi connectivity index (χ4v) is 2.16. The van der Waals surface area contributed by atoms with Crippen molar-refractivity contribution in [3.05, 3.63) is 40.3 Å². The zero-order valence-corrected chi connectivity index (χ0v) is 12.7. The number of nitrogens with zero attached hydrogens (tertiary/aromatic N) is 5. The van der Waals surface area contributed by atoms with Crippen LogP contribution in [-0.4, -0.2) is 30.7 Å². The van der Waals surface area contributed by atoms with Crippen molar-refractivity contribution in [2.75, 3.05) is 0 Å². The fraction of sp³-hybridized carbons (Fsp3) is 0.357. The SMILES string of the molecule is Cc1cc(C)n2nc(C(=O)OCc3c(C)noc3C)nc2n1. The molecular formula is C14H15N5O3. The maximum atomic E-state index is 12.1. The highest BCUT2D eigenvalue weighted by atomic mass is 16.5. The Morgan fingerprint density at radius 2 is 2.05 bits per heavy atom. The van der Waals surface area contributed by atoms with Gasteiger partial charge in [0.2, 0.25) is 0 Å². The standard InChI is InChI=1S/C14H15N5O3/c1-7-5-8(2)19-14(15-7)16-12(17-19)13(20)21-6-11-9(3)18-22-10(11)4/h5H,6H2,1-4H3. The molecule has 0 unspecified atom stereocenters. The Balaban J connectivity index is 1.82. The summed E-state index contributed by atoms with van der Waals surface area (Å²) in [4.78, 5) is 20.4. The second-order valence-corrected chi connectivity index (χ2v) is 5.06. The summed E-state index contributed by atoms with van der Waals surface area (Å²) < 4.78 is 11.8. The van der Waals surface area contributed by atoms with Gasteiger partial charge in [0.05, 0.1) is 11.3 Å². The zero-order chi connectivity index (χ0) is 15.9. The summed E-state index contributed by atoms with van der Waals surface area (Å²) in [7, 11) is 0. The molecule has 0 aliphatic carbocycles. The Morgan fingerprint density at radius 3 is 2.73 bits per heavy atom. The number of ether oxygens (including phenoxy) is 1. The van der Waals surface area contributed by atoms with Gasteiger partial charge in [0.1, 0.15) is 12.4 Å². The highest BCUT2D eigenvalue weighted by Gasteiger charge is 2.18. The number of rotatable bonds is 3. The topological polar surface area (TPSA) is 95.4 Å². The smallest absolute Gasteiger partial charge is 0.378 e. The van der Waals surface area contributed by atoms with Crippen molar-refractivity contribution in [1.29, 1.82) is 0 Å². The van der Waals surface area contributed by atoms with E-state index in [0.717, 1.165) is 17.0 Å². The average molecular weight is 301 g/mol. The van der Waals surface area contributed by atoms with Crippen molar-refractivity contribution in [2.45, 2.75) is 34.3 Å². The highest BCUT2D eigenvalue weighted by Crippen LogP contribution is 2.14. The van der Waals surface area contributed by atoms with Crippen LogP contribution in [0.15, 0.2) is 10.6 Å². The Morgan fingerprint density at radius 1 is 1.27 bits per heavy atom. The number of hydrogen-bond acceptors (Lipinski definition) is 7. The third kappa shape index (κ3) is 2.43. The first-order chi connectivity index (χ1) is 10.5. The van der Waals surface area contributed by atoms with Crippen LogP contribution in [0, 0.1) is 27.7 Å². The molecule has 3 rings (SSSR count). The monoisotopic (exact) mass is 301 g/mol. The van der Waals surface area contributed by atoms with Gasteiger partial charge in [0, 0.05) is 11.4 Å². The third-order valence-electron chi connectivity index (χ3n) is 3.33. The van der Waals surface area contributed by atoms with Gasteiger partial charge in [-0.1, -0.05) is 5.16 Å². The molecule has 22 heavy (non-hydrogen) atoms. The van der Waals surface area contributed by atoms with Gasteiger partial charge in [0.25, 0.3) is 11.6 Å². The second-order valence-electron chi connectivity index (χ2n) is 5.06. The Hall–Kier alpha value is -2.77. The van der Waals surface area contributed by atoms with Crippen molar-refractivity contribution in [3.8, 4) is 0 Å². The van der Waals surface area contributed by atoms with Crippen LogP contribution in [0.5, 0.6) is 0 Å². The first kappa shape index (κ1) is 14.2. The summed E-state index contributed by atoms with van der Waals surface area (Å²) in [6.45, 7) is 7.36. The summed E-state index contributed by atoms with van der Waals surface area (Å²) in [5.41, 5.74) is 3.11. The molecule has 114 valence electrons. The molecule has 0 aromatic carbocycles. The van der Waals surface area contributed by atoms with Gasteiger partial charge in [-0.05, 0) is 33.8 Å². The number of carbonyl (C=O) groups is 1. The summed E-state index contributed by atoms with van der Waals surface area (Å²) in [5, 5.41) is 7.94. The maximum absolute atomic E-state index is 12.1. The van der Waals surface area contributed by atoms with Gasteiger partial charge >= 0.3 is 5.97 Å². The quantitative estimate of drug-likeness (QED) is 0.679. The Bertz CT molecular complexity index is 845. The van der Waals surface area contributed by atoms with Crippen LogP contribution >= 0.6 is 0 Å². The molecule has 0 radical (unpaired) electrons. The molecule has 0 bridgehead atoms. The zero-order valence-electron chi connectivity index (χ0n) is 12.7. The molecule has 0 aliphatic heterocycles. The van der Waals surface area contributed by atoms with Crippen LogP contribution in [0.25, 0.3) is 5.78 Å². The van der Waals surface area contributed by atoms with Crippen molar-refractivity contribution < 1.29 is 14.1 Å². The molecule has 3 heterocycles. The summed E-state index contributed by atoms with van der Waals surface area (Å²) in [5.74, 6) is 0.374. The van der Waals surface area contributed by atoms with Crippen LogP contribution in [0.2, 0.25) is 0 Å². The minimum absolute atomic E-state index is 0.0204. The van der Waals surface area contributed by atoms with Crippen molar-refractivity contribution >= 4 is 11.7 Å². The maximum Gasteiger partial charge on any atom is 0.378 e. The third-order valence-corrected chi connectivity index (χ3v) is 3.33. The number of hydrogen-bond donors (Lipinski definition) is 0. The molecule has 0 saturated carbocycles. The lowest BCUT2D eigenvalue weighted by molar-refractivity contribution is 0.0456. The molecule has 0 spiro atoms. The Kier molecular flexibility index (Phi) is 3.36. The largest absolute Gasteiger partial charge is 0.455 e. The first-order valence-corrected chi connectivity index (χ1v) is 6.75.